The molecule has 0 amide bonds. The minimum absolute atomic E-state index is 0.0331. The Hall–Kier alpha value is -3.10. The Morgan fingerprint density at radius 1 is 1.19 bits per heavy atom. The monoisotopic (exact) mass is 375 g/mol. The molecule has 0 saturated heterocycles. The van der Waals surface area contributed by atoms with E-state index in [1.807, 2.05) is 0 Å². The number of aromatic nitrogens is 2. The number of halogens is 2. The summed E-state index contributed by atoms with van der Waals surface area (Å²) in [6.07, 6.45) is 8.57. The molecule has 0 atom stereocenters. The van der Waals surface area contributed by atoms with E-state index in [1.165, 1.54) is 12.0 Å². The number of rotatable bonds is 7. The summed E-state index contributed by atoms with van der Waals surface area (Å²) in [5, 5.41) is 17.0. The molecule has 1 heterocycles. The highest BCUT2D eigenvalue weighted by atomic mass is 19.1. The number of allylic oxidation sites excluding steroid dienone is 1. The van der Waals surface area contributed by atoms with Crippen LogP contribution in [0.25, 0.3) is 0 Å². The first-order valence-corrected chi connectivity index (χ1v) is 8.68. The van der Waals surface area contributed by atoms with Crippen molar-refractivity contribution in [2.75, 3.05) is 17.2 Å². The zero-order chi connectivity index (χ0) is 19.2. The van der Waals surface area contributed by atoms with E-state index in [-0.39, 0.29) is 17.3 Å². The van der Waals surface area contributed by atoms with Gasteiger partial charge in [0.05, 0.1) is 10.6 Å². The maximum Gasteiger partial charge on any atom is 0.353 e. The molecule has 0 spiro atoms. The van der Waals surface area contributed by atoms with Crippen molar-refractivity contribution in [3.63, 3.8) is 0 Å². The molecule has 27 heavy (non-hydrogen) atoms. The lowest BCUT2D eigenvalue weighted by molar-refractivity contribution is -0.383. The number of nitrogens with one attached hydrogen (secondary N) is 2. The maximum atomic E-state index is 13.8. The third-order valence-electron chi connectivity index (χ3n) is 4.31. The molecular formula is C18H19F2N5O2. The van der Waals surface area contributed by atoms with Crippen molar-refractivity contribution in [1.82, 2.24) is 9.97 Å². The van der Waals surface area contributed by atoms with Crippen LogP contribution < -0.4 is 10.6 Å². The van der Waals surface area contributed by atoms with E-state index in [9.17, 15) is 18.9 Å². The molecule has 0 radical (unpaired) electrons. The van der Waals surface area contributed by atoms with Gasteiger partial charge in [-0.1, -0.05) is 11.6 Å². The predicted molar refractivity (Wildman–Crippen MR) is 98.0 cm³/mol. The standard InChI is InChI=1S/C18H19F2N5O2/c19-13-6-7-14(20)15(10-13)24-18-16(25(26)27)17(22-11-23-18)21-9-8-12-4-2-1-3-5-12/h4,6-7,10-11H,1-3,5,8-9H2,(H2,21,22,23,24). The molecule has 1 aliphatic carbocycles. The van der Waals surface area contributed by atoms with Gasteiger partial charge in [0.1, 0.15) is 18.0 Å². The first-order valence-electron chi connectivity index (χ1n) is 8.68. The van der Waals surface area contributed by atoms with E-state index in [4.69, 9.17) is 0 Å². The SMILES string of the molecule is O=[N+]([O-])c1c(NCCC2=CCCCC2)ncnc1Nc1cc(F)ccc1F. The average molecular weight is 375 g/mol. The molecule has 1 aromatic carbocycles. The number of hydrogen-bond donors (Lipinski definition) is 2. The van der Waals surface area contributed by atoms with E-state index < -0.39 is 22.2 Å². The zero-order valence-electron chi connectivity index (χ0n) is 14.5. The van der Waals surface area contributed by atoms with Crippen LogP contribution in [0.5, 0.6) is 0 Å². The quantitative estimate of drug-likeness (QED) is 0.414. The molecule has 1 aliphatic rings. The minimum atomic E-state index is -0.747. The van der Waals surface area contributed by atoms with E-state index in [0.717, 1.165) is 50.2 Å². The minimum Gasteiger partial charge on any atom is -0.364 e. The highest BCUT2D eigenvalue weighted by Gasteiger charge is 2.24. The molecule has 1 aromatic heterocycles. The van der Waals surface area contributed by atoms with Gasteiger partial charge >= 0.3 is 5.69 Å². The van der Waals surface area contributed by atoms with Crippen molar-refractivity contribution in [2.45, 2.75) is 32.1 Å². The summed E-state index contributed by atoms with van der Waals surface area (Å²) in [6.45, 7) is 0.484. The van der Waals surface area contributed by atoms with Gasteiger partial charge in [0.25, 0.3) is 0 Å². The summed E-state index contributed by atoms with van der Waals surface area (Å²) in [7, 11) is 0. The Morgan fingerprint density at radius 3 is 2.74 bits per heavy atom. The Labute approximate surface area is 154 Å². The van der Waals surface area contributed by atoms with Crippen molar-refractivity contribution in [3.8, 4) is 0 Å². The first kappa shape index (κ1) is 18.7. The van der Waals surface area contributed by atoms with Crippen LogP contribution in [0.4, 0.5) is 31.8 Å². The predicted octanol–water partition coefficient (Wildman–Crippen LogP) is 4.71. The van der Waals surface area contributed by atoms with Crippen molar-refractivity contribution < 1.29 is 13.7 Å². The van der Waals surface area contributed by atoms with Crippen LogP contribution in [0.1, 0.15) is 32.1 Å². The number of anilines is 3. The molecule has 9 heteroatoms. The van der Waals surface area contributed by atoms with Crippen molar-refractivity contribution in [1.29, 1.82) is 0 Å². The van der Waals surface area contributed by atoms with Gasteiger partial charge in [0, 0.05) is 12.6 Å². The summed E-state index contributed by atoms with van der Waals surface area (Å²) >= 11 is 0. The Kier molecular flexibility index (Phi) is 5.90. The Balaban J connectivity index is 1.78. The summed E-state index contributed by atoms with van der Waals surface area (Å²) in [4.78, 5) is 18.6. The zero-order valence-corrected chi connectivity index (χ0v) is 14.5. The van der Waals surface area contributed by atoms with E-state index in [1.54, 1.807) is 0 Å². The van der Waals surface area contributed by atoms with Crippen molar-refractivity contribution in [3.05, 3.63) is 57.9 Å². The van der Waals surface area contributed by atoms with E-state index in [0.29, 0.717) is 6.54 Å². The summed E-state index contributed by atoms with van der Waals surface area (Å²) < 4.78 is 27.2. The third-order valence-corrected chi connectivity index (χ3v) is 4.31. The van der Waals surface area contributed by atoms with Crippen LogP contribution in [-0.4, -0.2) is 21.4 Å². The van der Waals surface area contributed by atoms with Crippen LogP contribution in [-0.2, 0) is 0 Å². The fourth-order valence-electron chi connectivity index (χ4n) is 2.97. The van der Waals surface area contributed by atoms with Crippen LogP contribution >= 0.6 is 0 Å². The highest BCUT2D eigenvalue weighted by molar-refractivity contribution is 5.73. The van der Waals surface area contributed by atoms with Crippen LogP contribution in [0, 0.1) is 21.7 Å². The second kappa shape index (κ2) is 8.52. The average Bonchev–Trinajstić information content (AvgIpc) is 2.65. The lowest BCUT2D eigenvalue weighted by atomic mass is 9.97. The Morgan fingerprint density at radius 2 is 2.00 bits per heavy atom. The van der Waals surface area contributed by atoms with Crippen molar-refractivity contribution >= 4 is 23.0 Å². The van der Waals surface area contributed by atoms with Crippen molar-refractivity contribution in [2.24, 2.45) is 0 Å². The fraction of sp³-hybridized carbons (Fsp3) is 0.333. The fourth-order valence-corrected chi connectivity index (χ4v) is 2.97. The number of hydrogen-bond acceptors (Lipinski definition) is 6. The smallest absolute Gasteiger partial charge is 0.353 e. The van der Waals surface area contributed by atoms with Gasteiger partial charge in [-0.15, -0.1) is 0 Å². The second-order valence-corrected chi connectivity index (χ2v) is 6.21. The second-order valence-electron chi connectivity index (χ2n) is 6.21. The van der Waals surface area contributed by atoms with Gasteiger partial charge in [0.15, 0.2) is 0 Å². The molecule has 142 valence electrons. The first-order chi connectivity index (χ1) is 13.0. The van der Waals surface area contributed by atoms with E-state index >= 15 is 0 Å². The molecule has 0 bridgehead atoms. The lowest BCUT2D eigenvalue weighted by Crippen LogP contribution is -2.10. The van der Waals surface area contributed by atoms with Gasteiger partial charge in [0.2, 0.25) is 11.6 Å². The highest BCUT2D eigenvalue weighted by Crippen LogP contribution is 2.32. The summed E-state index contributed by atoms with van der Waals surface area (Å²) in [5.74, 6) is -1.60. The van der Waals surface area contributed by atoms with Gasteiger partial charge in [-0.05, 0) is 44.2 Å². The van der Waals surface area contributed by atoms with E-state index in [2.05, 4.69) is 26.7 Å². The normalized spacial score (nSPS) is 13.8. The maximum absolute atomic E-state index is 13.8. The van der Waals surface area contributed by atoms with Crippen LogP contribution in [0.2, 0.25) is 0 Å². The van der Waals surface area contributed by atoms with Crippen LogP contribution in [0.3, 0.4) is 0 Å². The van der Waals surface area contributed by atoms with Gasteiger partial charge in [-0.2, -0.15) is 0 Å². The molecule has 2 N–H and O–H groups in total. The summed E-state index contributed by atoms with van der Waals surface area (Å²) in [5.41, 5.74) is 0.666. The van der Waals surface area contributed by atoms with Gasteiger partial charge < -0.3 is 10.6 Å². The van der Waals surface area contributed by atoms with Gasteiger partial charge in [-0.25, -0.2) is 18.7 Å². The number of nitro groups is 1. The Bertz CT molecular complexity index is 873. The molecule has 0 unspecified atom stereocenters. The topological polar surface area (TPSA) is 93.0 Å². The van der Waals surface area contributed by atoms with Crippen LogP contribution in [0.15, 0.2) is 36.2 Å². The number of benzene rings is 1. The molecule has 0 saturated carbocycles. The molecule has 2 aromatic rings. The third kappa shape index (κ3) is 4.75. The molecule has 0 aliphatic heterocycles. The molecule has 3 rings (SSSR count). The largest absolute Gasteiger partial charge is 0.364 e. The lowest BCUT2D eigenvalue weighted by Gasteiger charge is -2.14. The molecule has 7 nitrogen and oxygen atoms in total. The molecular weight excluding hydrogens is 356 g/mol. The van der Waals surface area contributed by atoms with Gasteiger partial charge in [-0.3, -0.25) is 10.1 Å². The molecule has 0 fully saturated rings. The number of nitrogens with zero attached hydrogens (tertiary/aromatic N) is 3. The summed E-state index contributed by atoms with van der Waals surface area (Å²) in [6, 6.07) is 2.80.